The molecule has 158 valence electrons. The molecule has 31 heavy (non-hydrogen) atoms. The molecule has 5 unspecified atom stereocenters. The van der Waals surface area contributed by atoms with Gasteiger partial charge in [-0.25, -0.2) is 0 Å². The van der Waals surface area contributed by atoms with E-state index in [2.05, 4.69) is 17.5 Å². The van der Waals surface area contributed by atoms with Crippen LogP contribution >= 0.6 is 11.6 Å². The maximum absolute atomic E-state index is 13.4. The zero-order valence-electron chi connectivity index (χ0n) is 17.1. The van der Waals surface area contributed by atoms with E-state index in [1.165, 1.54) is 4.90 Å². The third-order valence-electron chi connectivity index (χ3n) is 6.76. The van der Waals surface area contributed by atoms with E-state index in [0.29, 0.717) is 16.3 Å². The summed E-state index contributed by atoms with van der Waals surface area (Å²) in [5, 5.41) is 3.33. The number of hydrogen-bond acceptors (Lipinski definition) is 3. The van der Waals surface area contributed by atoms with Gasteiger partial charge in [0.25, 0.3) is 0 Å². The second-order valence-electron chi connectivity index (χ2n) is 8.71. The number of rotatable bonds is 5. The molecule has 1 N–H and O–H groups in total. The second-order valence-corrected chi connectivity index (χ2v) is 9.11. The van der Waals surface area contributed by atoms with Crippen LogP contribution < -0.4 is 5.32 Å². The summed E-state index contributed by atoms with van der Waals surface area (Å²) in [4.78, 5) is 41.1. The summed E-state index contributed by atoms with van der Waals surface area (Å²) in [6.45, 7) is 1.95. The van der Waals surface area contributed by atoms with E-state index in [0.717, 1.165) is 12.0 Å². The van der Waals surface area contributed by atoms with Crippen molar-refractivity contribution in [3.05, 3.63) is 76.8 Å². The van der Waals surface area contributed by atoms with Gasteiger partial charge in [-0.15, -0.1) is 0 Å². The number of likely N-dealkylation sites (tertiary alicyclic amines) is 1. The Morgan fingerprint density at radius 3 is 2.39 bits per heavy atom. The predicted molar refractivity (Wildman–Crippen MR) is 118 cm³/mol. The molecular weight excluding hydrogens is 412 g/mol. The van der Waals surface area contributed by atoms with Crippen molar-refractivity contribution >= 4 is 35.0 Å². The molecule has 2 bridgehead atoms. The highest BCUT2D eigenvalue weighted by molar-refractivity contribution is 6.31. The lowest BCUT2D eigenvalue weighted by molar-refractivity contribution is -0.144. The van der Waals surface area contributed by atoms with Gasteiger partial charge in [0.05, 0.1) is 24.3 Å². The van der Waals surface area contributed by atoms with E-state index in [9.17, 15) is 14.4 Å². The Hall–Kier alpha value is -2.92. The molecular formula is C25H23ClN2O3. The lowest BCUT2D eigenvalue weighted by Gasteiger charge is -2.28. The lowest BCUT2D eigenvalue weighted by atomic mass is 9.85. The highest BCUT2D eigenvalue weighted by Gasteiger charge is 2.60. The molecule has 2 aromatic carbocycles. The van der Waals surface area contributed by atoms with E-state index in [4.69, 9.17) is 11.6 Å². The topological polar surface area (TPSA) is 66.5 Å². The molecule has 1 saturated heterocycles. The van der Waals surface area contributed by atoms with Crippen molar-refractivity contribution in [2.45, 2.75) is 25.8 Å². The number of allylic oxidation sites excluding steroid dienone is 2. The van der Waals surface area contributed by atoms with Crippen molar-refractivity contribution in [2.24, 2.45) is 23.7 Å². The van der Waals surface area contributed by atoms with Crippen LogP contribution in [0.3, 0.4) is 0 Å². The number of carbonyl (C=O) groups is 3. The molecule has 3 amide bonds. The number of anilines is 1. The Labute approximate surface area is 186 Å². The summed E-state index contributed by atoms with van der Waals surface area (Å²) in [6, 6.07) is 13.9. The molecule has 0 aromatic heterocycles. The van der Waals surface area contributed by atoms with Crippen molar-refractivity contribution in [1.82, 2.24) is 4.90 Å². The summed E-state index contributed by atoms with van der Waals surface area (Å²) < 4.78 is 0. The van der Waals surface area contributed by atoms with Crippen LogP contribution in [0.1, 0.15) is 30.0 Å². The first-order valence-corrected chi connectivity index (χ1v) is 11.0. The molecule has 1 saturated carbocycles. The Kier molecular flexibility index (Phi) is 4.94. The molecule has 2 aliphatic carbocycles. The molecule has 2 aromatic rings. The third kappa shape index (κ3) is 3.37. The summed E-state index contributed by atoms with van der Waals surface area (Å²) in [5.74, 6) is -1.02. The molecule has 3 aliphatic rings. The van der Waals surface area contributed by atoms with Gasteiger partial charge in [0.15, 0.2) is 0 Å². The molecule has 0 radical (unpaired) electrons. The molecule has 5 nitrogen and oxygen atoms in total. The predicted octanol–water partition coefficient (Wildman–Crippen LogP) is 4.53. The van der Waals surface area contributed by atoms with Crippen molar-refractivity contribution in [3.63, 3.8) is 0 Å². The molecule has 1 aliphatic heterocycles. The van der Waals surface area contributed by atoms with Gasteiger partial charge < -0.3 is 5.32 Å². The number of nitrogens with zero attached hydrogens (tertiary/aromatic N) is 1. The maximum Gasteiger partial charge on any atom is 0.234 e. The van der Waals surface area contributed by atoms with Gasteiger partial charge >= 0.3 is 0 Å². The fourth-order valence-electron chi connectivity index (χ4n) is 5.43. The smallest absolute Gasteiger partial charge is 0.234 e. The minimum atomic E-state index is -0.733. The van der Waals surface area contributed by atoms with Gasteiger partial charge in [0, 0.05) is 10.7 Å². The van der Waals surface area contributed by atoms with E-state index < -0.39 is 6.04 Å². The van der Waals surface area contributed by atoms with Crippen LogP contribution in [0.25, 0.3) is 0 Å². The average molecular weight is 435 g/mol. The molecule has 1 heterocycles. The molecule has 2 fully saturated rings. The van der Waals surface area contributed by atoms with Crippen molar-refractivity contribution in [1.29, 1.82) is 0 Å². The van der Waals surface area contributed by atoms with Gasteiger partial charge in [0.1, 0.15) is 0 Å². The number of benzene rings is 2. The van der Waals surface area contributed by atoms with Crippen LogP contribution in [0.2, 0.25) is 5.02 Å². The largest absolute Gasteiger partial charge is 0.326 e. The zero-order valence-corrected chi connectivity index (χ0v) is 17.9. The van der Waals surface area contributed by atoms with Crippen molar-refractivity contribution < 1.29 is 14.4 Å². The minimum Gasteiger partial charge on any atom is -0.326 e. The summed E-state index contributed by atoms with van der Waals surface area (Å²) in [6.07, 6.45) is 4.95. The van der Waals surface area contributed by atoms with E-state index in [1.807, 2.05) is 37.3 Å². The SMILES string of the molecule is Cc1cccc(NC(=O)CC(c2ccccc2Cl)N2C(=O)C3C4C=CC(C4)C3C2=O)c1. The van der Waals surface area contributed by atoms with Gasteiger partial charge in [0.2, 0.25) is 17.7 Å². The van der Waals surface area contributed by atoms with Gasteiger partial charge in [-0.05, 0) is 54.5 Å². The van der Waals surface area contributed by atoms with Crippen LogP contribution in [-0.4, -0.2) is 22.6 Å². The monoisotopic (exact) mass is 434 g/mol. The fraction of sp³-hybridized carbons (Fsp3) is 0.320. The zero-order chi connectivity index (χ0) is 21.7. The highest BCUT2D eigenvalue weighted by Crippen LogP contribution is 2.54. The quantitative estimate of drug-likeness (QED) is 0.555. The first kappa shape index (κ1) is 20.0. The number of carbonyl (C=O) groups excluding carboxylic acids is 3. The molecule has 0 spiro atoms. The van der Waals surface area contributed by atoms with E-state index in [-0.39, 0.29) is 47.8 Å². The number of halogens is 1. The average Bonchev–Trinajstić information content (AvgIpc) is 3.41. The summed E-state index contributed by atoms with van der Waals surface area (Å²) in [5.41, 5.74) is 2.33. The van der Waals surface area contributed by atoms with Crippen molar-refractivity contribution in [2.75, 3.05) is 5.32 Å². The van der Waals surface area contributed by atoms with Crippen LogP contribution in [-0.2, 0) is 14.4 Å². The second kappa shape index (κ2) is 7.65. The standard InChI is InChI=1S/C25H23ClN2O3/c1-14-5-4-6-17(11-14)27-21(29)13-20(18-7-2-3-8-19(18)26)28-24(30)22-15-9-10-16(12-15)23(22)25(28)31/h2-11,15-16,20,22-23H,12-13H2,1H3,(H,27,29). The Morgan fingerprint density at radius 1 is 1.06 bits per heavy atom. The van der Waals surface area contributed by atoms with Crippen LogP contribution in [0.15, 0.2) is 60.7 Å². The number of aryl methyl sites for hydroxylation is 1. The van der Waals surface area contributed by atoms with Crippen molar-refractivity contribution in [3.8, 4) is 0 Å². The third-order valence-corrected chi connectivity index (χ3v) is 7.11. The number of nitrogens with one attached hydrogen (secondary N) is 1. The van der Waals surface area contributed by atoms with E-state index >= 15 is 0 Å². The first-order chi connectivity index (χ1) is 14.9. The fourth-order valence-corrected chi connectivity index (χ4v) is 5.69. The summed E-state index contributed by atoms with van der Waals surface area (Å²) >= 11 is 6.45. The minimum absolute atomic E-state index is 0.0443. The Morgan fingerprint density at radius 2 is 1.74 bits per heavy atom. The van der Waals surface area contributed by atoms with E-state index in [1.54, 1.807) is 18.2 Å². The molecule has 6 heteroatoms. The van der Waals surface area contributed by atoms with Crippen LogP contribution in [0.5, 0.6) is 0 Å². The first-order valence-electron chi connectivity index (χ1n) is 10.6. The number of fused-ring (bicyclic) bond motifs is 5. The van der Waals surface area contributed by atoms with Crippen LogP contribution in [0.4, 0.5) is 5.69 Å². The number of imide groups is 1. The Balaban J connectivity index is 1.46. The van der Waals surface area contributed by atoms with Gasteiger partial charge in [-0.2, -0.15) is 0 Å². The maximum atomic E-state index is 13.4. The van der Waals surface area contributed by atoms with Crippen LogP contribution in [0, 0.1) is 30.6 Å². The van der Waals surface area contributed by atoms with Gasteiger partial charge in [-0.3, -0.25) is 19.3 Å². The van der Waals surface area contributed by atoms with Gasteiger partial charge in [-0.1, -0.05) is 54.1 Å². The normalized spacial score (nSPS) is 27.0. The number of amides is 3. The number of hydrogen-bond donors (Lipinski definition) is 1. The highest BCUT2D eigenvalue weighted by atomic mass is 35.5. The lowest BCUT2D eigenvalue weighted by Crippen LogP contribution is -2.38. The summed E-state index contributed by atoms with van der Waals surface area (Å²) in [7, 11) is 0. The molecule has 5 atom stereocenters. The Bertz CT molecular complexity index is 1080. The molecule has 5 rings (SSSR count).